The topological polar surface area (TPSA) is 84.3 Å². The second kappa shape index (κ2) is 8.55. The lowest BCUT2D eigenvalue weighted by molar-refractivity contribution is -0.137. The Balaban J connectivity index is 2.59. The lowest BCUT2D eigenvalue weighted by Crippen LogP contribution is -2.46. The first-order chi connectivity index (χ1) is 9.58. The number of β-amino-alcohol motifs (C(OH)–C–C–N with tert-alkyl or cyclic N) is 1. The molecule has 2 amide bonds. The molecule has 1 heterocycles. The number of rotatable bonds is 6. The van der Waals surface area contributed by atoms with Crippen LogP contribution in [0.25, 0.3) is 0 Å². The van der Waals surface area contributed by atoms with Crippen LogP contribution in [0.15, 0.2) is 12.7 Å². The molecule has 0 unspecified atom stereocenters. The van der Waals surface area contributed by atoms with Gasteiger partial charge in [-0.1, -0.05) is 6.08 Å². The SMILES string of the molecule is C=CCN(CC(=O)O)C(=O)N1CCCN(CCO)CC1. The fourth-order valence-electron chi connectivity index (χ4n) is 2.26. The van der Waals surface area contributed by atoms with E-state index in [0.29, 0.717) is 26.2 Å². The monoisotopic (exact) mass is 285 g/mol. The predicted octanol–water partition coefficient (Wildman–Crippen LogP) is -0.321. The van der Waals surface area contributed by atoms with Crippen LogP contribution in [0.4, 0.5) is 4.79 Å². The Morgan fingerprint density at radius 2 is 2.00 bits per heavy atom. The van der Waals surface area contributed by atoms with Gasteiger partial charge in [-0.05, 0) is 13.0 Å². The second-order valence-electron chi connectivity index (χ2n) is 4.75. The van der Waals surface area contributed by atoms with Crippen LogP contribution in [-0.2, 0) is 4.79 Å². The molecule has 0 saturated carbocycles. The molecule has 0 aliphatic carbocycles. The minimum Gasteiger partial charge on any atom is -0.480 e. The molecule has 1 rings (SSSR count). The molecule has 1 saturated heterocycles. The molecule has 2 N–H and O–H groups in total. The van der Waals surface area contributed by atoms with E-state index in [1.165, 1.54) is 11.0 Å². The quantitative estimate of drug-likeness (QED) is 0.653. The molecule has 7 heteroatoms. The van der Waals surface area contributed by atoms with Crippen molar-refractivity contribution >= 4 is 12.0 Å². The van der Waals surface area contributed by atoms with Gasteiger partial charge in [-0.15, -0.1) is 6.58 Å². The summed E-state index contributed by atoms with van der Waals surface area (Å²) in [5.41, 5.74) is 0. The lowest BCUT2D eigenvalue weighted by atomic mass is 10.4. The predicted molar refractivity (Wildman–Crippen MR) is 74.5 cm³/mol. The normalized spacial score (nSPS) is 16.6. The Labute approximate surface area is 119 Å². The molecular weight excluding hydrogens is 262 g/mol. The van der Waals surface area contributed by atoms with Crippen molar-refractivity contribution in [1.82, 2.24) is 14.7 Å². The van der Waals surface area contributed by atoms with E-state index in [9.17, 15) is 9.59 Å². The standard InChI is InChI=1S/C13H23N3O4/c1-2-4-16(11-12(18)19)13(20)15-6-3-5-14(7-8-15)9-10-17/h2,17H,1,3-11H2,(H,18,19). The maximum Gasteiger partial charge on any atom is 0.323 e. The number of amides is 2. The van der Waals surface area contributed by atoms with Crippen molar-refractivity contribution in [1.29, 1.82) is 0 Å². The van der Waals surface area contributed by atoms with Crippen molar-refractivity contribution in [3.05, 3.63) is 12.7 Å². The average Bonchev–Trinajstić information content (AvgIpc) is 2.63. The summed E-state index contributed by atoms with van der Waals surface area (Å²) in [6.07, 6.45) is 2.34. The van der Waals surface area contributed by atoms with Crippen LogP contribution >= 0.6 is 0 Å². The van der Waals surface area contributed by atoms with E-state index >= 15 is 0 Å². The summed E-state index contributed by atoms with van der Waals surface area (Å²) >= 11 is 0. The lowest BCUT2D eigenvalue weighted by Gasteiger charge is -2.28. The highest BCUT2D eigenvalue weighted by Gasteiger charge is 2.24. The molecule has 1 aliphatic rings. The number of carbonyl (C=O) groups is 2. The van der Waals surface area contributed by atoms with Gasteiger partial charge in [-0.25, -0.2) is 4.79 Å². The molecule has 20 heavy (non-hydrogen) atoms. The summed E-state index contributed by atoms with van der Waals surface area (Å²) in [5.74, 6) is -1.03. The third-order valence-electron chi connectivity index (χ3n) is 3.22. The number of aliphatic hydroxyl groups excluding tert-OH is 1. The van der Waals surface area contributed by atoms with E-state index in [1.807, 2.05) is 0 Å². The first kappa shape index (κ1) is 16.5. The van der Waals surface area contributed by atoms with Crippen molar-refractivity contribution < 1.29 is 19.8 Å². The first-order valence-corrected chi connectivity index (χ1v) is 6.78. The zero-order valence-electron chi connectivity index (χ0n) is 11.7. The van der Waals surface area contributed by atoms with Gasteiger partial charge in [0.1, 0.15) is 6.54 Å². The third-order valence-corrected chi connectivity index (χ3v) is 3.22. The van der Waals surface area contributed by atoms with Crippen LogP contribution in [0.2, 0.25) is 0 Å². The Hall–Kier alpha value is -1.60. The summed E-state index contributed by atoms with van der Waals surface area (Å²) in [6.45, 7) is 6.85. The number of nitrogens with zero attached hydrogens (tertiary/aromatic N) is 3. The molecule has 1 fully saturated rings. The molecule has 7 nitrogen and oxygen atoms in total. The second-order valence-corrected chi connectivity index (χ2v) is 4.75. The maximum atomic E-state index is 12.3. The van der Waals surface area contributed by atoms with Crippen LogP contribution in [-0.4, -0.2) is 89.3 Å². The molecule has 0 atom stereocenters. The van der Waals surface area contributed by atoms with Gasteiger partial charge in [0.05, 0.1) is 6.61 Å². The Bertz CT molecular complexity index is 349. The number of hydrogen-bond acceptors (Lipinski definition) is 4. The third kappa shape index (κ3) is 5.18. The number of aliphatic hydroxyl groups is 1. The Kier molecular flexibility index (Phi) is 7.03. The van der Waals surface area contributed by atoms with Crippen molar-refractivity contribution in [2.24, 2.45) is 0 Å². The van der Waals surface area contributed by atoms with Crippen molar-refractivity contribution in [2.75, 3.05) is 52.4 Å². The van der Waals surface area contributed by atoms with Crippen molar-refractivity contribution in [3.63, 3.8) is 0 Å². The fraction of sp³-hybridized carbons (Fsp3) is 0.692. The number of aliphatic carboxylic acids is 1. The maximum absolute atomic E-state index is 12.3. The summed E-state index contributed by atoms with van der Waals surface area (Å²) < 4.78 is 0. The van der Waals surface area contributed by atoms with Crippen LogP contribution in [0.1, 0.15) is 6.42 Å². The molecule has 0 aromatic heterocycles. The molecule has 0 spiro atoms. The van der Waals surface area contributed by atoms with Gasteiger partial charge in [0.15, 0.2) is 0 Å². The first-order valence-electron chi connectivity index (χ1n) is 6.78. The highest BCUT2D eigenvalue weighted by atomic mass is 16.4. The number of carboxylic acids is 1. The van der Waals surface area contributed by atoms with Gasteiger partial charge in [-0.2, -0.15) is 0 Å². The van der Waals surface area contributed by atoms with Crippen LogP contribution < -0.4 is 0 Å². The van der Waals surface area contributed by atoms with Gasteiger partial charge >= 0.3 is 12.0 Å². The molecule has 0 radical (unpaired) electrons. The summed E-state index contributed by atoms with van der Waals surface area (Å²) in [6, 6.07) is -0.266. The van der Waals surface area contributed by atoms with E-state index in [4.69, 9.17) is 10.2 Å². The van der Waals surface area contributed by atoms with Gasteiger partial charge < -0.3 is 20.0 Å². The van der Waals surface area contributed by atoms with Gasteiger partial charge in [0.25, 0.3) is 0 Å². The van der Waals surface area contributed by atoms with E-state index in [0.717, 1.165) is 13.0 Å². The van der Waals surface area contributed by atoms with Crippen LogP contribution in [0.3, 0.4) is 0 Å². The number of hydrogen-bond donors (Lipinski definition) is 2. The van der Waals surface area contributed by atoms with Gasteiger partial charge in [0.2, 0.25) is 0 Å². The van der Waals surface area contributed by atoms with Gasteiger partial charge in [-0.3, -0.25) is 9.69 Å². The molecule has 114 valence electrons. The highest BCUT2D eigenvalue weighted by molar-refractivity contribution is 5.80. The Morgan fingerprint density at radius 1 is 1.25 bits per heavy atom. The molecule has 0 aromatic rings. The summed E-state index contributed by atoms with van der Waals surface area (Å²) in [7, 11) is 0. The molecule has 0 aromatic carbocycles. The van der Waals surface area contributed by atoms with Crippen molar-refractivity contribution in [3.8, 4) is 0 Å². The largest absolute Gasteiger partial charge is 0.480 e. The van der Waals surface area contributed by atoms with Crippen LogP contribution in [0.5, 0.6) is 0 Å². The minimum atomic E-state index is -1.03. The number of carboxylic acid groups (broad SMARTS) is 1. The van der Waals surface area contributed by atoms with E-state index < -0.39 is 5.97 Å². The summed E-state index contributed by atoms with van der Waals surface area (Å²) in [4.78, 5) is 28.2. The van der Waals surface area contributed by atoms with Crippen LogP contribution in [0, 0.1) is 0 Å². The zero-order valence-corrected chi connectivity index (χ0v) is 11.7. The van der Waals surface area contributed by atoms with E-state index in [1.54, 1.807) is 4.90 Å². The summed E-state index contributed by atoms with van der Waals surface area (Å²) in [5, 5.41) is 17.8. The van der Waals surface area contributed by atoms with E-state index in [-0.39, 0.29) is 25.7 Å². The van der Waals surface area contributed by atoms with E-state index in [2.05, 4.69) is 11.5 Å². The molecular formula is C13H23N3O4. The smallest absolute Gasteiger partial charge is 0.323 e. The Morgan fingerprint density at radius 3 is 2.60 bits per heavy atom. The number of carbonyl (C=O) groups excluding carboxylic acids is 1. The number of urea groups is 1. The van der Waals surface area contributed by atoms with Crippen molar-refractivity contribution in [2.45, 2.75) is 6.42 Å². The fourth-order valence-corrected chi connectivity index (χ4v) is 2.26. The highest BCUT2D eigenvalue weighted by Crippen LogP contribution is 2.06. The average molecular weight is 285 g/mol. The van der Waals surface area contributed by atoms with Gasteiger partial charge in [0, 0.05) is 32.7 Å². The minimum absolute atomic E-state index is 0.107. The molecule has 1 aliphatic heterocycles. The molecule has 0 bridgehead atoms. The zero-order chi connectivity index (χ0) is 15.0.